The van der Waals surface area contributed by atoms with Gasteiger partial charge in [0, 0.05) is 37.9 Å². The third-order valence-electron chi connectivity index (χ3n) is 6.38. The molecule has 0 amide bonds. The van der Waals surface area contributed by atoms with Gasteiger partial charge in [0.05, 0.1) is 23.8 Å². The number of nitrogens with two attached hydrogens (primary N) is 1. The Labute approximate surface area is 206 Å². The number of hydrogen-bond acceptors (Lipinski definition) is 7. The number of piperidine rings is 1. The van der Waals surface area contributed by atoms with Crippen LogP contribution in [0.3, 0.4) is 0 Å². The number of fused-ring (bicyclic) bond motifs is 1. The van der Waals surface area contributed by atoms with Gasteiger partial charge in [-0.05, 0) is 38.3 Å². The van der Waals surface area contributed by atoms with E-state index in [0.29, 0.717) is 29.5 Å². The van der Waals surface area contributed by atoms with E-state index in [0.717, 1.165) is 49.5 Å². The summed E-state index contributed by atoms with van der Waals surface area (Å²) >= 11 is 0. The zero-order chi connectivity index (χ0) is 25.4. The SMILES string of the molecule is CC(C)n1cnc2c(NCc3ccccc3-n3cc(C(F)(F)F)cn3)nc(N3CCC(N)CC3)nc21. The highest BCUT2D eigenvalue weighted by Gasteiger charge is 2.32. The van der Waals surface area contributed by atoms with Crippen molar-refractivity contribution < 1.29 is 13.2 Å². The average Bonchev–Trinajstić information content (AvgIpc) is 3.51. The Hall–Kier alpha value is -3.67. The Balaban J connectivity index is 1.47. The number of rotatable bonds is 6. The van der Waals surface area contributed by atoms with Crippen LogP contribution in [0.25, 0.3) is 16.9 Å². The predicted octanol–water partition coefficient (Wildman–Crippen LogP) is 4.15. The Morgan fingerprint density at radius 3 is 2.58 bits per heavy atom. The van der Waals surface area contributed by atoms with Gasteiger partial charge in [0.2, 0.25) is 5.95 Å². The van der Waals surface area contributed by atoms with Crippen LogP contribution in [0.5, 0.6) is 0 Å². The molecule has 0 atom stereocenters. The summed E-state index contributed by atoms with van der Waals surface area (Å²) in [5.74, 6) is 1.17. The number of benzene rings is 1. The molecule has 0 saturated carbocycles. The van der Waals surface area contributed by atoms with Gasteiger partial charge in [-0.25, -0.2) is 9.67 Å². The summed E-state index contributed by atoms with van der Waals surface area (Å²) in [7, 11) is 0. The van der Waals surface area contributed by atoms with Crippen LogP contribution >= 0.6 is 0 Å². The van der Waals surface area contributed by atoms with Gasteiger partial charge in [-0.2, -0.15) is 28.2 Å². The molecule has 1 fully saturated rings. The minimum Gasteiger partial charge on any atom is -0.364 e. The molecule has 0 aliphatic carbocycles. The second kappa shape index (κ2) is 9.41. The quantitative estimate of drug-likeness (QED) is 0.411. The first kappa shape index (κ1) is 24.0. The van der Waals surface area contributed by atoms with Crippen LogP contribution in [-0.4, -0.2) is 48.4 Å². The number of hydrogen-bond donors (Lipinski definition) is 2. The number of imidazole rings is 1. The summed E-state index contributed by atoms with van der Waals surface area (Å²) < 4.78 is 42.6. The summed E-state index contributed by atoms with van der Waals surface area (Å²) in [5.41, 5.74) is 7.95. The third kappa shape index (κ3) is 4.72. The molecule has 9 nitrogen and oxygen atoms in total. The van der Waals surface area contributed by atoms with Gasteiger partial charge in [0.1, 0.15) is 0 Å². The first-order valence-electron chi connectivity index (χ1n) is 11.9. The second-order valence-electron chi connectivity index (χ2n) is 9.27. The fourth-order valence-electron chi connectivity index (χ4n) is 4.31. The standard InChI is InChI=1S/C24H28F3N9/c1-15(2)35-14-30-20-21(32-23(33-22(20)35)34-9-7-18(28)8-10-34)29-11-16-5-3-4-6-19(16)36-13-17(12-31-36)24(25,26)27/h3-6,12-15,18H,7-11,28H2,1-2H3,(H,29,32,33). The van der Waals surface area contributed by atoms with Crippen molar-refractivity contribution in [2.24, 2.45) is 5.73 Å². The van der Waals surface area contributed by atoms with E-state index < -0.39 is 11.7 Å². The van der Waals surface area contributed by atoms with E-state index in [1.165, 1.54) is 4.68 Å². The van der Waals surface area contributed by atoms with Gasteiger partial charge >= 0.3 is 6.18 Å². The highest BCUT2D eigenvalue weighted by atomic mass is 19.4. The van der Waals surface area contributed by atoms with Crippen LogP contribution in [0, 0.1) is 0 Å². The minimum absolute atomic E-state index is 0.156. The Morgan fingerprint density at radius 1 is 1.14 bits per heavy atom. The molecule has 36 heavy (non-hydrogen) atoms. The van der Waals surface area contributed by atoms with E-state index >= 15 is 0 Å². The fraction of sp³-hybridized carbons (Fsp3) is 0.417. The van der Waals surface area contributed by atoms with Gasteiger partial charge < -0.3 is 20.5 Å². The first-order chi connectivity index (χ1) is 17.2. The van der Waals surface area contributed by atoms with Crippen molar-refractivity contribution in [3.05, 3.63) is 54.1 Å². The predicted molar refractivity (Wildman–Crippen MR) is 131 cm³/mol. The molecule has 3 N–H and O–H groups in total. The highest BCUT2D eigenvalue weighted by molar-refractivity contribution is 5.84. The summed E-state index contributed by atoms with van der Waals surface area (Å²) in [4.78, 5) is 16.3. The molecular formula is C24H28F3N9. The number of aromatic nitrogens is 6. The maximum Gasteiger partial charge on any atom is 0.419 e. The highest BCUT2D eigenvalue weighted by Crippen LogP contribution is 2.30. The zero-order valence-electron chi connectivity index (χ0n) is 20.1. The van der Waals surface area contributed by atoms with E-state index in [2.05, 4.69) is 34.1 Å². The van der Waals surface area contributed by atoms with E-state index in [-0.39, 0.29) is 12.1 Å². The zero-order valence-corrected chi connectivity index (χ0v) is 20.1. The Kier molecular flexibility index (Phi) is 6.29. The van der Waals surface area contributed by atoms with Crippen LogP contribution in [0.15, 0.2) is 43.0 Å². The van der Waals surface area contributed by atoms with Gasteiger partial charge in [-0.15, -0.1) is 0 Å². The van der Waals surface area contributed by atoms with Crippen molar-refractivity contribution in [1.82, 2.24) is 29.3 Å². The smallest absolute Gasteiger partial charge is 0.364 e. The Morgan fingerprint density at radius 2 is 1.89 bits per heavy atom. The largest absolute Gasteiger partial charge is 0.419 e. The average molecular weight is 500 g/mol. The molecule has 0 spiro atoms. The van der Waals surface area contributed by atoms with Crippen molar-refractivity contribution in [1.29, 1.82) is 0 Å². The molecule has 3 aromatic heterocycles. The molecule has 5 rings (SSSR count). The van der Waals surface area contributed by atoms with Gasteiger partial charge in [-0.3, -0.25) is 0 Å². The van der Waals surface area contributed by atoms with Crippen molar-refractivity contribution in [3.8, 4) is 5.69 Å². The van der Waals surface area contributed by atoms with Crippen LogP contribution in [0.2, 0.25) is 0 Å². The second-order valence-corrected chi connectivity index (χ2v) is 9.27. The molecule has 4 heterocycles. The molecule has 0 radical (unpaired) electrons. The maximum absolute atomic E-state index is 13.1. The van der Waals surface area contributed by atoms with E-state index in [9.17, 15) is 13.2 Å². The molecule has 4 aromatic rings. The van der Waals surface area contributed by atoms with Crippen LogP contribution in [0.1, 0.15) is 43.9 Å². The Bertz CT molecular complexity index is 1350. The van der Waals surface area contributed by atoms with Gasteiger partial charge in [-0.1, -0.05) is 18.2 Å². The van der Waals surface area contributed by atoms with Crippen molar-refractivity contribution in [2.45, 2.75) is 51.5 Å². The summed E-state index contributed by atoms with van der Waals surface area (Å²) in [6.07, 6.45) is 0.845. The topological polar surface area (TPSA) is 103 Å². The summed E-state index contributed by atoms with van der Waals surface area (Å²) in [6, 6.07) is 7.51. The number of nitrogens with zero attached hydrogens (tertiary/aromatic N) is 7. The summed E-state index contributed by atoms with van der Waals surface area (Å²) in [6.45, 7) is 5.97. The molecule has 1 aliphatic rings. The normalized spacial score (nSPS) is 15.2. The molecule has 1 aromatic carbocycles. The number of para-hydroxylation sites is 1. The van der Waals surface area contributed by atoms with Crippen molar-refractivity contribution in [2.75, 3.05) is 23.3 Å². The third-order valence-corrected chi connectivity index (χ3v) is 6.38. The lowest BCUT2D eigenvalue weighted by atomic mass is 10.1. The lowest BCUT2D eigenvalue weighted by Crippen LogP contribution is -2.40. The molecular weight excluding hydrogens is 471 g/mol. The van der Waals surface area contributed by atoms with E-state index in [4.69, 9.17) is 15.7 Å². The van der Waals surface area contributed by atoms with Crippen molar-refractivity contribution in [3.63, 3.8) is 0 Å². The molecule has 0 unspecified atom stereocenters. The van der Waals surface area contributed by atoms with E-state index in [1.807, 2.05) is 16.7 Å². The lowest BCUT2D eigenvalue weighted by Gasteiger charge is -2.30. The number of halogens is 3. The van der Waals surface area contributed by atoms with Crippen LogP contribution < -0.4 is 16.0 Å². The van der Waals surface area contributed by atoms with Crippen molar-refractivity contribution >= 4 is 22.9 Å². The maximum atomic E-state index is 13.1. The van der Waals surface area contributed by atoms with Crippen LogP contribution in [-0.2, 0) is 12.7 Å². The monoisotopic (exact) mass is 499 g/mol. The molecule has 0 bridgehead atoms. The first-order valence-corrected chi connectivity index (χ1v) is 11.9. The lowest BCUT2D eigenvalue weighted by molar-refractivity contribution is -0.137. The molecule has 12 heteroatoms. The van der Waals surface area contributed by atoms with Gasteiger partial charge in [0.25, 0.3) is 0 Å². The molecule has 190 valence electrons. The number of alkyl halides is 3. The van der Waals surface area contributed by atoms with Gasteiger partial charge in [0.15, 0.2) is 17.0 Å². The summed E-state index contributed by atoms with van der Waals surface area (Å²) in [5, 5.41) is 7.28. The van der Waals surface area contributed by atoms with Crippen LogP contribution in [0.4, 0.5) is 24.9 Å². The fourth-order valence-corrected chi connectivity index (χ4v) is 4.31. The minimum atomic E-state index is -4.46. The number of nitrogens with one attached hydrogen (secondary N) is 1. The number of anilines is 2. The molecule has 1 saturated heterocycles. The molecule has 1 aliphatic heterocycles. The van der Waals surface area contributed by atoms with E-state index in [1.54, 1.807) is 18.5 Å².